The number of hydrogen-bond donors (Lipinski definition) is 2. The standard InChI is InChI=1S/C29H32N8O3/c1-39-27-17-21(5-6-26(27)40-19-20-3-2-4-20)22-9-14-37(35-22)29-32-11-7-23(34-29)28(38)33-24-18-31-10-8-25(24)36-15-12-30-13-16-36/h5-11,14,17-18,20,30H,2-4,12-13,15-16,19H2,1H3,(H,33,38). The number of nitrogens with one attached hydrogen (secondary N) is 2. The summed E-state index contributed by atoms with van der Waals surface area (Å²) >= 11 is 0. The van der Waals surface area contributed by atoms with Gasteiger partial charge in [0, 0.05) is 50.3 Å². The fourth-order valence-electron chi connectivity index (χ4n) is 4.84. The molecule has 1 amide bonds. The van der Waals surface area contributed by atoms with Crippen molar-refractivity contribution in [1.29, 1.82) is 0 Å². The molecule has 40 heavy (non-hydrogen) atoms. The summed E-state index contributed by atoms with van der Waals surface area (Å²) in [7, 11) is 1.64. The first-order valence-corrected chi connectivity index (χ1v) is 13.6. The van der Waals surface area contributed by atoms with Gasteiger partial charge in [0.25, 0.3) is 11.9 Å². The van der Waals surface area contributed by atoms with Crippen LogP contribution in [-0.2, 0) is 0 Å². The lowest BCUT2D eigenvalue weighted by Crippen LogP contribution is -2.43. The molecule has 3 aromatic heterocycles. The van der Waals surface area contributed by atoms with Crippen molar-refractivity contribution in [3.8, 4) is 28.7 Å². The monoisotopic (exact) mass is 540 g/mol. The molecule has 0 bridgehead atoms. The number of methoxy groups -OCH3 is 1. The highest BCUT2D eigenvalue weighted by molar-refractivity contribution is 6.04. The lowest BCUT2D eigenvalue weighted by Gasteiger charge is -2.30. The molecule has 1 aliphatic heterocycles. The number of pyridine rings is 1. The average molecular weight is 541 g/mol. The average Bonchev–Trinajstić information content (AvgIpc) is 3.48. The van der Waals surface area contributed by atoms with Gasteiger partial charge in [0.2, 0.25) is 0 Å². The summed E-state index contributed by atoms with van der Waals surface area (Å²) in [5.74, 6) is 1.98. The van der Waals surface area contributed by atoms with Crippen LogP contribution in [0.25, 0.3) is 17.2 Å². The van der Waals surface area contributed by atoms with Crippen molar-refractivity contribution < 1.29 is 14.3 Å². The van der Waals surface area contributed by atoms with Crippen LogP contribution in [0, 0.1) is 5.92 Å². The van der Waals surface area contributed by atoms with Crippen LogP contribution < -0.4 is 25.0 Å². The molecule has 11 nitrogen and oxygen atoms in total. The van der Waals surface area contributed by atoms with E-state index in [0.29, 0.717) is 29.9 Å². The van der Waals surface area contributed by atoms with E-state index in [1.165, 1.54) is 19.3 Å². The molecule has 1 saturated heterocycles. The van der Waals surface area contributed by atoms with Gasteiger partial charge in [-0.3, -0.25) is 9.78 Å². The number of aromatic nitrogens is 5. The van der Waals surface area contributed by atoms with Crippen LogP contribution in [0.5, 0.6) is 11.5 Å². The molecule has 2 N–H and O–H groups in total. The normalized spacial score (nSPS) is 15.4. The van der Waals surface area contributed by atoms with Gasteiger partial charge in [-0.25, -0.2) is 14.6 Å². The highest BCUT2D eigenvalue weighted by atomic mass is 16.5. The molecule has 0 radical (unpaired) electrons. The first-order chi connectivity index (χ1) is 19.7. The number of amides is 1. The number of ether oxygens (including phenoxy) is 2. The Morgan fingerprint density at radius 1 is 1.10 bits per heavy atom. The summed E-state index contributed by atoms with van der Waals surface area (Å²) in [5, 5.41) is 11.0. The van der Waals surface area contributed by atoms with Gasteiger partial charge in [-0.05, 0) is 55.2 Å². The highest BCUT2D eigenvalue weighted by Crippen LogP contribution is 2.34. The smallest absolute Gasteiger partial charge is 0.274 e. The molecule has 0 unspecified atom stereocenters. The molecular weight excluding hydrogens is 508 g/mol. The first-order valence-electron chi connectivity index (χ1n) is 13.6. The number of piperazine rings is 1. The minimum absolute atomic E-state index is 0.229. The van der Waals surface area contributed by atoms with E-state index >= 15 is 0 Å². The lowest BCUT2D eigenvalue weighted by atomic mass is 9.86. The maximum atomic E-state index is 13.2. The SMILES string of the molecule is COc1cc(-c2ccn(-c3nccc(C(=O)Nc4cnccc4N4CCNCC4)n3)n2)ccc1OCC1CCC1. The predicted molar refractivity (Wildman–Crippen MR) is 151 cm³/mol. The van der Waals surface area contributed by atoms with Crippen LogP contribution in [0.1, 0.15) is 29.8 Å². The van der Waals surface area contributed by atoms with Crippen molar-refractivity contribution in [3.63, 3.8) is 0 Å². The van der Waals surface area contributed by atoms with Crippen molar-refractivity contribution in [2.24, 2.45) is 5.92 Å². The molecule has 206 valence electrons. The Kier molecular flexibility index (Phi) is 7.53. The quantitative estimate of drug-likeness (QED) is 0.328. The summed E-state index contributed by atoms with van der Waals surface area (Å²) in [6.45, 7) is 4.20. The third-order valence-electron chi connectivity index (χ3n) is 7.33. The second-order valence-corrected chi connectivity index (χ2v) is 9.94. The molecule has 4 heterocycles. The number of carbonyl (C=O) groups is 1. The van der Waals surface area contributed by atoms with Crippen molar-refractivity contribution in [1.82, 2.24) is 30.0 Å². The van der Waals surface area contributed by atoms with Crippen LogP contribution in [-0.4, -0.2) is 70.5 Å². The lowest BCUT2D eigenvalue weighted by molar-refractivity contribution is 0.102. The molecule has 2 aliphatic rings. The minimum atomic E-state index is -0.345. The van der Waals surface area contributed by atoms with Gasteiger partial charge in [-0.1, -0.05) is 6.42 Å². The summed E-state index contributed by atoms with van der Waals surface area (Å²) in [5.41, 5.74) is 3.40. The molecule has 4 aromatic rings. The van der Waals surface area contributed by atoms with Crippen molar-refractivity contribution in [2.75, 3.05) is 50.1 Å². The Hall–Kier alpha value is -4.51. The molecule has 2 fully saturated rings. The molecule has 0 atom stereocenters. The number of rotatable bonds is 9. The van der Waals surface area contributed by atoms with E-state index in [0.717, 1.165) is 48.9 Å². The molecule has 11 heteroatoms. The molecule has 6 rings (SSSR count). The van der Waals surface area contributed by atoms with Gasteiger partial charge in [-0.15, -0.1) is 0 Å². The topological polar surface area (TPSA) is 119 Å². The number of nitrogens with zero attached hydrogens (tertiary/aromatic N) is 6. The summed E-state index contributed by atoms with van der Waals surface area (Å²) in [6.07, 6.45) is 10.4. The molecule has 1 aromatic carbocycles. The second kappa shape index (κ2) is 11.7. The number of anilines is 2. The Balaban J connectivity index is 1.17. The van der Waals surface area contributed by atoms with E-state index in [2.05, 4.69) is 35.6 Å². The fraction of sp³-hybridized carbons (Fsp3) is 0.345. The van der Waals surface area contributed by atoms with Gasteiger partial charge in [0.1, 0.15) is 5.69 Å². The summed E-state index contributed by atoms with van der Waals surface area (Å²) in [6, 6.07) is 11.2. The molecule has 0 spiro atoms. The van der Waals surface area contributed by atoms with E-state index in [1.807, 2.05) is 30.3 Å². The van der Waals surface area contributed by atoms with Crippen LogP contribution in [0.15, 0.2) is 61.2 Å². The van der Waals surface area contributed by atoms with E-state index in [1.54, 1.807) is 42.6 Å². The largest absolute Gasteiger partial charge is 0.493 e. The third kappa shape index (κ3) is 5.59. The van der Waals surface area contributed by atoms with E-state index in [9.17, 15) is 4.79 Å². The molecule has 1 aliphatic carbocycles. The number of hydrogen-bond acceptors (Lipinski definition) is 9. The second-order valence-electron chi connectivity index (χ2n) is 9.94. The van der Waals surface area contributed by atoms with Crippen molar-refractivity contribution >= 4 is 17.3 Å². The number of carbonyl (C=O) groups excluding carboxylic acids is 1. The van der Waals surface area contributed by atoms with E-state index in [4.69, 9.17) is 9.47 Å². The zero-order valence-electron chi connectivity index (χ0n) is 22.4. The minimum Gasteiger partial charge on any atom is -0.493 e. The van der Waals surface area contributed by atoms with Gasteiger partial charge in [-0.2, -0.15) is 5.10 Å². The Labute approximate surface area is 232 Å². The van der Waals surface area contributed by atoms with Crippen LogP contribution in [0.4, 0.5) is 11.4 Å². The Bertz CT molecular complexity index is 1480. The molecular formula is C29H32N8O3. The highest BCUT2D eigenvalue weighted by Gasteiger charge is 2.20. The van der Waals surface area contributed by atoms with E-state index < -0.39 is 0 Å². The number of benzene rings is 1. The Morgan fingerprint density at radius 3 is 2.77 bits per heavy atom. The fourth-order valence-corrected chi connectivity index (χ4v) is 4.84. The molecule has 1 saturated carbocycles. The van der Waals surface area contributed by atoms with E-state index in [-0.39, 0.29) is 11.6 Å². The van der Waals surface area contributed by atoms with Gasteiger partial charge in [0.05, 0.1) is 37.0 Å². The van der Waals surface area contributed by atoms with Crippen LogP contribution in [0.2, 0.25) is 0 Å². The van der Waals surface area contributed by atoms with Crippen LogP contribution in [0.3, 0.4) is 0 Å². The van der Waals surface area contributed by atoms with Crippen molar-refractivity contribution in [2.45, 2.75) is 19.3 Å². The van der Waals surface area contributed by atoms with Gasteiger partial charge in [0.15, 0.2) is 11.5 Å². The maximum Gasteiger partial charge on any atom is 0.274 e. The van der Waals surface area contributed by atoms with Crippen molar-refractivity contribution in [3.05, 3.63) is 66.9 Å². The zero-order valence-corrected chi connectivity index (χ0v) is 22.4. The maximum absolute atomic E-state index is 13.2. The third-order valence-corrected chi connectivity index (χ3v) is 7.33. The first kappa shape index (κ1) is 25.8. The summed E-state index contributed by atoms with van der Waals surface area (Å²) in [4.78, 5) is 28.4. The van der Waals surface area contributed by atoms with Gasteiger partial charge >= 0.3 is 0 Å². The Morgan fingerprint density at radius 2 is 1.98 bits per heavy atom. The zero-order chi connectivity index (χ0) is 27.3. The summed E-state index contributed by atoms with van der Waals surface area (Å²) < 4.78 is 13.1. The van der Waals surface area contributed by atoms with Crippen LogP contribution >= 0.6 is 0 Å². The predicted octanol–water partition coefficient (Wildman–Crippen LogP) is 3.57. The van der Waals surface area contributed by atoms with Gasteiger partial charge < -0.3 is 25.0 Å².